The normalized spacial score (nSPS) is 16.4. The lowest BCUT2D eigenvalue weighted by Gasteiger charge is -2.18. The Morgan fingerprint density at radius 2 is 1.80 bits per heavy atom. The molecule has 1 atom stereocenters. The first-order chi connectivity index (χ1) is 11.8. The number of fused-ring (bicyclic) bond motifs is 1. The van der Waals surface area contributed by atoms with E-state index in [2.05, 4.69) is 5.32 Å². The Bertz CT molecular complexity index is 941. The zero-order valence-corrected chi connectivity index (χ0v) is 14.1. The smallest absolute Gasteiger partial charge is 0.269 e. The van der Waals surface area contributed by atoms with Crippen LogP contribution in [0.15, 0.2) is 53.4 Å². The van der Waals surface area contributed by atoms with Crippen molar-refractivity contribution in [3.8, 4) is 0 Å². The second-order valence-corrected chi connectivity index (χ2v) is 7.48. The van der Waals surface area contributed by atoms with Gasteiger partial charge in [0.2, 0.25) is 5.91 Å². The molecule has 0 fully saturated rings. The fourth-order valence-corrected chi connectivity index (χ4v) is 4.16. The standard InChI is InChI=1S/C17H15FN2O4S/c1-11(12-6-8-13(18)9-7-12)19-16(21)10-20-17(22)14-4-2-3-5-15(14)25(20,23)24/h2-9,11H,10H2,1H3,(H,19,21). The second kappa shape index (κ2) is 6.29. The minimum atomic E-state index is -4.02. The molecule has 0 saturated carbocycles. The van der Waals surface area contributed by atoms with Crippen LogP contribution in [0.4, 0.5) is 4.39 Å². The van der Waals surface area contributed by atoms with Gasteiger partial charge in [-0.2, -0.15) is 0 Å². The first-order valence-corrected chi connectivity index (χ1v) is 8.95. The van der Waals surface area contributed by atoms with Gasteiger partial charge in [-0.25, -0.2) is 17.1 Å². The molecule has 0 aromatic heterocycles. The number of sulfonamides is 1. The number of hydrogen-bond donors (Lipinski definition) is 1. The van der Waals surface area contributed by atoms with E-state index in [1.807, 2.05) is 0 Å². The molecule has 2 aromatic carbocycles. The number of nitrogens with zero attached hydrogens (tertiary/aromatic N) is 1. The van der Waals surface area contributed by atoms with Crippen molar-refractivity contribution >= 4 is 21.8 Å². The van der Waals surface area contributed by atoms with Crippen molar-refractivity contribution in [2.45, 2.75) is 17.9 Å². The highest BCUT2D eigenvalue weighted by molar-refractivity contribution is 7.90. The van der Waals surface area contributed by atoms with E-state index in [9.17, 15) is 22.4 Å². The third-order valence-electron chi connectivity index (χ3n) is 3.95. The predicted molar refractivity (Wildman–Crippen MR) is 87.6 cm³/mol. The fraction of sp³-hybridized carbons (Fsp3) is 0.176. The van der Waals surface area contributed by atoms with Crippen LogP contribution in [0.1, 0.15) is 28.9 Å². The van der Waals surface area contributed by atoms with Gasteiger partial charge in [-0.05, 0) is 36.8 Å². The minimum Gasteiger partial charge on any atom is -0.348 e. The highest BCUT2D eigenvalue weighted by atomic mass is 32.2. The van der Waals surface area contributed by atoms with Gasteiger partial charge < -0.3 is 5.32 Å². The molecule has 2 amide bonds. The Labute approximate surface area is 144 Å². The van der Waals surface area contributed by atoms with E-state index in [-0.39, 0.29) is 10.5 Å². The van der Waals surface area contributed by atoms with Gasteiger partial charge in [0.05, 0.1) is 11.6 Å². The summed E-state index contributed by atoms with van der Waals surface area (Å²) in [6.07, 6.45) is 0. The first-order valence-electron chi connectivity index (χ1n) is 7.51. The van der Waals surface area contributed by atoms with Crippen LogP contribution in [0, 0.1) is 5.82 Å². The quantitative estimate of drug-likeness (QED) is 0.900. The molecule has 130 valence electrons. The number of hydrogen-bond acceptors (Lipinski definition) is 4. The average Bonchev–Trinajstić information content (AvgIpc) is 2.77. The Morgan fingerprint density at radius 1 is 1.16 bits per heavy atom. The lowest BCUT2D eigenvalue weighted by atomic mass is 10.1. The number of carbonyl (C=O) groups is 2. The molecule has 0 saturated heterocycles. The Morgan fingerprint density at radius 3 is 2.44 bits per heavy atom. The molecular weight excluding hydrogens is 347 g/mol. The Balaban J connectivity index is 1.73. The van der Waals surface area contributed by atoms with Crippen molar-refractivity contribution in [2.24, 2.45) is 0 Å². The molecule has 0 radical (unpaired) electrons. The number of amides is 2. The van der Waals surface area contributed by atoms with Crippen LogP contribution in [0.5, 0.6) is 0 Å². The molecule has 1 unspecified atom stereocenters. The lowest BCUT2D eigenvalue weighted by Crippen LogP contribution is -2.41. The van der Waals surface area contributed by atoms with Crippen molar-refractivity contribution in [1.29, 1.82) is 0 Å². The van der Waals surface area contributed by atoms with Crippen molar-refractivity contribution in [1.82, 2.24) is 9.62 Å². The van der Waals surface area contributed by atoms with Gasteiger partial charge in [-0.3, -0.25) is 9.59 Å². The summed E-state index contributed by atoms with van der Waals surface area (Å²) in [6.45, 7) is 1.07. The third-order valence-corrected chi connectivity index (χ3v) is 5.73. The summed E-state index contributed by atoms with van der Waals surface area (Å²) >= 11 is 0. The molecule has 0 aliphatic carbocycles. The largest absolute Gasteiger partial charge is 0.348 e. The molecule has 1 aliphatic heterocycles. The third kappa shape index (κ3) is 3.12. The number of rotatable bonds is 4. The van der Waals surface area contributed by atoms with Gasteiger partial charge in [0.25, 0.3) is 15.9 Å². The molecule has 3 rings (SSSR count). The van der Waals surface area contributed by atoms with Gasteiger partial charge in [0, 0.05) is 0 Å². The zero-order valence-electron chi connectivity index (χ0n) is 13.3. The second-order valence-electron chi connectivity index (χ2n) is 5.65. The molecule has 8 heteroatoms. The predicted octanol–water partition coefficient (Wildman–Crippen LogP) is 1.85. The molecule has 0 spiro atoms. The van der Waals surface area contributed by atoms with Crippen molar-refractivity contribution in [2.75, 3.05) is 6.54 Å². The molecule has 1 heterocycles. The topological polar surface area (TPSA) is 83.6 Å². The van der Waals surface area contributed by atoms with E-state index >= 15 is 0 Å². The maximum atomic E-state index is 12.9. The maximum absolute atomic E-state index is 12.9. The highest BCUT2D eigenvalue weighted by Crippen LogP contribution is 2.29. The molecule has 25 heavy (non-hydrogen) atoms. The van der Waals surface area contributed by atoms with Gasteiger partial charge in [0.15, 0.2) is 0 Å². The van der Waals surface area contributed by atoms with E-state index in [4.69, 9.17) is 0 Å². The van der Waals surface area contributed by atoms with Crippen LogP contribution in [-0.4, -0.2) is 31.1 Å². The average molecular weight is 362 g/mol. The minimum absolute atomic E-state index is 0.0573. The van der Waals surface area contributed by atoms with Crippen LogP contribution in [0.2, 0.25) is 0 Å². The molecule has 1 aliphatic rings. The zero-order chi connectivity index (χ0) is 18.2. The first kappa shape index (κ1) is 17.1. The van der Waals surface area contributed by atoms with E-state index in [1.54, 1.807) is 13.0 Å². The van der Waals surface area contributed by atoms with Crippen molar-refractivity contribution in [3.63, 3.8) is 0 Å². The van der Waals surface area contributed by atoms with Gasteiger partial charge >= 0.3 is 0 Å². The van der Waals surface area contributed by atoms with Crippen LogP contribution in [-0.2, 0) is 14.8 Å². The molecule has 0 bridgehead atoms. The van der Waals surface area contributed by atoms with Crippen LogP contribution in [0.25, 0.3) is 0 Å². The van der Waals surface area contributed by atoms with Crippen LogP contribution >= 0.6 is 0 Å². The molecule has 1 N–H and O–H groups in total. The van der Waals surface area contributed by atoms with Gasteiger partial charge in [-0.15, -0.1) is 0 Å². The SMILES string of the molecule is CC(NC(=O)CN1C(=O)c2ccccc2S1(=O)=O)c1ccc(F)cc1. The van der Waals surface area contributed by atoms with Gasteiger partial charge in [0.1, 0.15) is 17.3 Å². The Kier molecular flexibility index (Phi) is 4.30. The van der Waals surface area contributed by atoms with Crippen molar-refractivity contribution < 1.29 is 22.4 Å². The Hall–Kier alpha value is -2.74. The summed E-state index contributed by atoms with van der Waals surface area (Å²) in [5, 5.41) is 2.61. The van der Waals surface area contributed by atoms with E-state index in [1.165, 1.54) is 42.5 Å². The number of halogens is 1. The monoisotopic (exact) mass is 362 g/mol. The van der Waals surface area contributed by atoms with Crippen LogP contribution in [0.3, 0.4) is 0 Å². The van der Waals surface area contributed by atoms with Crippen molar-refractivity contribution in [3.05, 3.63) is 65.5 Å². The summed E-state index contributed by atoms with van der Waals surface area (Å²) in [7, 11) is -4.02. The molecular formula is C17H15FN2O4S. The van der Waals surface area contributed by atoms with Crippen LogP contribution < -0.4 is 5.32 Å². The molecule has 2 aromatic rings. The maximum Gasteiger partial charge on any atom is 0.269 e. The van der Waals surface area contributed by atoms with Gasteiger partial charge in [-0.1, -0.05) is 24.3 Å². The summed E-state index contributed by atoms with van der Waals surface area (Å²) in [5.74, 6) is -1.74. The number of benzene rings is 2. The lowest BCUT2D eigenvalue weighted by molar-refractivity contribution is -0.121. The van der Waals surface area contributed by atoms with E-state index < -0.39 is 40.2 Å². The number of carbonyl (C=O) groups excluding carboxylic acids is 2. The highest BCUT2D eigenvalue weighted by Gasteiger charge is 2.41. The summed E-state index contributed by atoms with van der Waals surface area (Å²) in [4.78, 5) is 24.4. The number of nitrogens with one attached hydrogen (secondary N) is 1. The van der Waals surface area contributed by atoms with E-state index in [0.29, 0.717) is 9.87 Å². The van der Waals surface area contributed by atoms with E-state index in [0.717, 1.165) is 0 Å². The summed E-state index contributed by atoms with van der Waals surface area (Å²) in [6, 6.07) is 10.9. The summed E-state index contributed by atoms with van der Waals surface area (Å²) in [5.41, 5.74) is 0.718. The summed E-state index contributed by atoms with van der Waals surface area (Å²) < 4.78 is 38.3. The fourth-order valence-electron chi connectivity index (χ4n) is 2.64. The molecule has 6 nitrogen and oxygen atoms in total.